The Kier molecular flexibility index (Phi) is 5.30. The zero-order valence-electron chi connectivity index (χ0n) is 15.8. The lowest BCUT2D eigenvalue weighted by Gasteiger charge is -2.29. The minimum Gasteiger partial charge on any atom is -0.351 e. The average molecular weight is 382 g/mol. The molecule has 2 heterocycles. The molecule has 2 N–H and O–H groups in total. The van der Waals surface area contributed by atoms with Crippen LogP contribution in [0.15, 0.2) is 48.3 Å². The Bertz CT molecular complexity index is 886. The molecule has 0 bridgehead atoms. The van der Waals surface area contributed by atoms with Gasteiger partial charge in [-0.2, -0.15) is 0 Å². The Hall–Kier alpha value is -3.42. The third kappa shape index (κ3) is 3.95. The number of hydrogen-bond acceptors (Lipinski definition) is 5. The van der Waals surface area contributed by atoms with Gasteiger partial charge in [0.2, 0.25) is 11.8 Å². The largest absolute Gasteiger partial charge is 0.351 e. The second-order valence-electron chi connectivity index (χ2n) is 7.01. The van der Waals surface area contributed by atoms with E-state index in [1.54, 1.807) is 38.4 Å². The Morgan fingerprint density at radius 1 is 1.25 bits per heavy atom. The minimum atomic E-state index is -0.833. The first kappa shape index (κ1) is 19.3. The first-order valence-electron chi connectivity index (χ1n) is 8.90. The normalized spacial score (nSPS) is 19.4. The van der Waals surface area contributed by atoms with E-state index < -0.39 is 23.8 Å². The van der Waals surface area contributed by atoms with Gasteiger partial charge in [-0.15, -0.1) is 0 Å². The number of nitrogens with zero attached hydrogens (tertiary/aromatic N) is 2. The second-order valence-corrected chi connectivity index (χ2v) is 7.01. The van der Waals surface area contributed by atoms with E-state index in [-0.39, 0.29) is 18.0 Å². The SMILES string of the molecule is C=C1CCC(N2C(=O)C=C(Nc3ccc(CC(=O)N(C)C)cc3)C2=O)C(=O)N1. The quantitative estimate of drug-likeness (QED) is 0.733. The summed E-state index contributed by atoms with van der Waals surface area (Å²) in [5, 5.41) is 5.51. The molecule has 1 unspecified atom stereocenters. The van der Waals surface area contributed by atoms with Gasteiger partial charge in [0.1, 0.15) is 11.7 Å². The molecule has 0 aliphatic carbocycles. The molecule has 8 nitrogen and oxygen atoms in total. The standard InChI is InChI=1S/C20H22N4O4/c1-12-4-9-16(19(27)21-12)24-18(26)11-15(20(24)28)22-14-7-5-13(6-8-14)10-17(25)23(2)3/h5-8,11,16,22H,1,4,9-10H2,2-3H3,(H,21,27). The fraction of sp³-hybridized carbons (Fsp3) is 0.300. The van der Waals surface area contributed by atoms with Crippen molar-refractivity contribution in [2.24, 2.45) is 0 Å². The van der Waals surface area contributed by atoms with Crippen molar-refractivity contribution in [3.8, 4) is 0 Å². The van der Waals surface area contributed by atoms with Gasteiger partial charge in [0.25, 0.3) is 11.8 Å². The maximum absolute atomic E-state index is 12.7. The van der Waals surface area contributed by atoms with E-state index in [2.05, 4.69) is 17.2 Å². The Morgan fingerprint density at radius 2 is 1.93 bits per heavy atom. The lowest BCUT2D eigenvalue weighted by Crippen LogP contribution is -2.52. The topological polar surface area (TPSA) is 98.8 Å². The van der Waals surface area contributed by atoms with Gasteiger partial charge in [-0.05, 0) is 30.5 Å². The van der Waals surface area contributed by atoms with E-state index in [9.17, 15) is 19.2 Å². The summed E-state index contributed by atoms with van der Waals surface area (Å²) in [4.78, 5) is 51.3. The molecule has 0 aromatic heterocycles. The van der Waals surface area contributed by atoms with Crippen LogP contribution in [0.4, 0.5) is 5.69 Å². The van der Waals surface area contributed by atoms with Crippen molar-refractivity contribution < 1.29 is 19.2 Å². The Balaban J connectivity index is 1.67. The van der Waals surface area contributed by atoms with Gasteiger partial charge >= 0.3 is 0 Å². The highest BCUT2D eigenvalue weighted by molar-refractivity contribution is 6.19. The second kappa shape index (κ2) is 7.67. The van der Waals surface area contributed by atoms with Crippen LogP contribution in [-0.2, 0) is 25.6 Å². The highest BCUT2D eigenvalue weighted by atomic mass is 16.2. The third-order valence-electron chi connectivity index (χ3n) is 4.68. The van der Waals surface area contributed by atoms with Crippen molar-refractivity contribution in [1.29, 1.82) is 0 Å². The number of carbonyl (C=O) groups is 4. The molecule has 0 saturated carbocycles. The van der Waals surface area contributed by atoms with Crippen LogP contribution >= 0.6 is 0 Å². The summed E-state index contributed by atoms with van der Waals surface area (Å²) in [5.41, 5.74) is 2.14. The van der Waals surface area contributed by atoms with Crippen LogP contribution < -0.4 is 10.6 Å². The van der Waals surface area contributed by atoms with E-state index in [1.165, 1.54) is 11.0 Å². The molecule has 3 rings (SSSR count). The average Bonchev–Trinajstić information content (AvgIpc) is 2.90. The van der Waals surface area contributed by atoms with Crippen molar-refractivity contribution in [3.05, 3.63) is 53.9 Å². The fourth-order valence-electron chi connectivity index (χ4n) is 3.07. The summed E-state index contributed by atoms with van der Waals surface area (Å²) in [6.07, 6.45) is 2.35. The summed E-state index contributed by atoms with van der Waals surface area (Å²) in [6, 6.07) is 6.20. The number of piperidine rings is 1. The first-order chi connectivity index (χ1) is 13.3. The molecule has 8 heteroatoms. The smallest absolute Gasteiger partial charge is 0.278 e. The van der Waals surface area contributed by atoms with Crippen molar-refractivity contribution in [2.45, 2.75) is 25.3 Å². The highest BCUT2D eigenvalue weighted by Crippen LogP contribution is 2.24. The van der Waals surface area contributed by atoms with Crippen LogP contribution in [0.2, 0.25) is 0 Å². The van der Waals surface area contributed by atoms with E-state index >= 15 is 0 Å². The molecule has 28 heavy (non-hydrogen) atoms. The van der Waals surface area contributed by atoms with E-state index in [4.69, 9.17) is 0 Å². The maximum Gasteiger partial charge on any atom is 0.278 e. The molecular formula is C20H22N4O4. The summed E-state index contributed by atoms with van der Waals surface area (Å²) in [5.74, 6) is -1.47. The summed E-state index contributed by atoms with van der Waals surface area (Å²) in [6.45, 7) is 3.70. The number of rotatable bonds is 5. The molecule has 2 aliphatic heterocycles. The van der Waals surface area contributed by atoms with Gasteiger partial charge in [0.15, 0.2) is 0 Å². The molecule has 1 fully saturated rings. The van der Waals surface area contributed by atoms with E-state index in [0.29, 0.717) is 24.2 Å². The maximum atomic E-state index is 12.7. The van der Waals surface area contributed by atoms with Crippen molar-refractivity contribution >= 4 is 29.3 Å². The van der Waals surface area contributed by atoms with Gasteiger partial charge in [0.05, 0.1) is 6.42 Å². The number of amides is 4. The molecule has 0 radical (unpaired) electrons. The van der Waals surface area contributed by atoms with Crippen LogP contribution in [0.5, 0.6) is 0 Å². The summed E-state index contributed by atoms with van der Waals surface area (Å²) in [7, 11) is 3.39. The van der Waals surface area contributed by atoms with Gasteiger partial charge in [-0.1, -0.05) is 18.7 Å². The molecule has 1 aromatic carbocycles. The lowest BCUT2D eigenvalue weighted by molar-refractivity contribution is -0.146. The molecule has 1 aromatic rings. The zero-order valence-corrected chi connectivity index (χ0v) is 15.8. The Morgan fingerprint density at radius 3 is 2.54 bits per heavy atom. The number of hydrogen-bond donors (Lipinski definition) is 2. The van der Waals surface area contributed by atoms with Crippen LogP contribution in [0.3, 0.4) is 0 Å². The predicted molar refractivity (Wildman–Crippen MR) is 103 cm³/mol. The van der Waals surface area contributed by atoms with Gasteiger partial charge < -0.3 is 15.5 Å². The number of anilines is 1. The minimum absolute atomic E-state index is 0.0101. The van der Waals surface area contributed by atoms with Crippen molar-refractivity contribution in [2.75, 3.05) is 19.4 Å². The van der Waals surface area contributed by atoms with Crippen molar-refractivity contribution in [3.63, 3.8) is 0 Å². The zero-order chi connectivity index (χ0) is 20.4. The Labute approximate surface area is 162 Å². The number of allylic oxidation sites excluding steroid dienone is 1. The van der Waals surface area contributed by atoms with E-state index in [0.717, 1.165) is 10.5 Å². The highest BCUT2D eigenvalue weighted by Gasteiger charge is 2.41. The van der Waals surface area contributed by atoms with Crippen LogP contribution in [0, 0.1) is 0 Å². The molecule has 2 aliphatic rings. The predicted octanol–water partition coefficient (Wildman–Crippen LogP) is 0.774. The van der Waals surface area contributed by atoms with Crippen molar-refractivity contribution in [1.82, 2.24) is 15.1 Å². The summed E-state index contributed by atoms with van der Waals surface area (Å²) >= 11 is 0. The number of likely N-dealkylation sites (N-methyl/N-ethyl adjacent to an activating group) is 1. The van der Waals surface area contributed by atoms with Crippen LogP contribution in [0.25, 0.3) is 0 Å². The van der Waals surface area contributed by atoms with E-state index in [1.807, 2.05) is 0 Å². The van der Waals surface area contributed by atoms with Gasteiger partial charge in [0, 0.05) is 31.6 Å². The summed E-state index contributed by atoms with van der Waals surface area (Å²) < 4.78 is 0. The molecule has 1 atom stereocenters. The monoisotopic (exact) mass is 382 g/mol. The molecule has 1 saturated heterocycles. The van der Waals surface area contributed by atoms with Gasteiger partial charge in [-0.25, -0.2) is 0 Å². The third-order valence-corrected chi connectivity index (χ3v) is 4.68. The molecule has 146 valence electrons. The number of nitrogens with one attached hydrogen (secondary N) is 2. The first-order valence-corrected chi connectivity index (χ1v) is 8.90. The van der Waals surface area contributed by atoms with Gasteiger partial charge in [-0.3, -0.25) is 24.1 Å². The molecule has 0 spiro atoms. The van der Waals surface area contributed by atoms with Crippen LogP contribution in [-0.4, -0.2) is 53.6 Å². The number of benzene rings is 1. The van der Waals surface area contributed by atoms with Crippen LogP contribution in [0.1, 0.15) is 18.4 Å². The molecule has 4 amide bonds. The lowest BCUT2D eigenvalue weighted by atomic mass is 10.0. The fourth-order valence-corrected chi connectivity index (χ4v) is 3.07. The number of imide groups is 1. The molecular weight excluding hydrogens is 360 g/mol. The number of carbonyl (C=O) groups excluding carboxylic acids is 4.